The van der Waals surface area contributed by atoms with Crippen molar-refractivity contribution >= 4 is 10.9 Å². The van der Waals surface area contributed by atoms with E-state index in [9.17, 15) is 0 Å². The van der Waals surface area contributed by atoms with Crippen LogP contribution in [0.25, 0.3) is 22.2 Å². The highest BCUT2D eigenvalue weighted by molar-refractivity contribution is 5.92. The van der Waals surface area contributed by atoms with Gasteiger partial charge in [-0.15, -0.1) is 0 Å². The van der Waals surface area contributed by atoms with Crippen LogP contribution >= 0.6 is 0 Å². The minimum atomic E-state index is 0.543. The Bertz CT molecular complexity index is 1450. The second-order valence-electron chi connectivity index (χ2n) is 8.82. The largest absolute Gasteiger partial charge is 0.497 e. The normalized spacial score (nSPS) is 11.0. The van der Waals surface area contributed by atoms with Gasteiger partial charge in [0, 0.05) is 23.0 Å². The van der Waals surface area contributed by atoms with Gasteiger partial charge in [0.2, 0.25) is 0 Å². The molecular formula is C32H31NO3. The van der Waals surface area contributed by atoms with E-state index < -0.39 is 0 Å². The maximum atomic E-state index is 6.16. The molecule has 0 aliphatic heterocycles. The summed E-state index contributed by atoms with van der Waals surface area (Å²) < 4.78 is 19.7. The van der Waals surface area contributed by atoms with Gasteiger partial charge in [0.05, 0.1) is 19.4 Å². The van der Waals surface area contributed by atoms with Crippen molar-refractivity contribution in [3.63, 3.8) is 0 Å². The van der Waals surface area contributed by atoms with Crippen LogP contribution in [0, 0.1) is 6.92 Å². The van der Waals surface area contributed by atoms with E-state index in [2.05, 4.69) is 66.1 Å². The third kappa shape index (κ3) is 4.94. The SMILES string of the molecule is CCOc1ccc(Cn2c(-c3cccc(OC)c3)c(C)c3cc(OCc4ccccc4)ccc32)cc1. The number of aryl methyl sites for hydroxylation is 1. The average molecular weight is 478 g/mol. The molecule has 0 saturated heterocycles. The Morgan fingerprint density at radius 3 is 2.22 bits per heavy atom. The summed E-state index contributed by atoms with van der Waals surface area (Å²) in [6.45, 7) is 6.14. The molecule has 0 saturated carbocycles. The summed E-state index contributed by atoms with van der Waals surface area (Å²) in [4.78, 5) is 0. The lowest BCUT2D eigenvalue weighted by molar-refractivity contribution is 0.306. The van der Waals surface area contributed by atoms with Gasteiger partial charge in [0.25, 0.3) is 0 Å². The summed E-state index contributed by atoms with van der Waals surface area (Å²) in [5, 5.41) is 1.18. The first-order chi connectivity index (χ1) is 17.7. The zero-order valence-electron chi connectivity index (χ0n) is 21.0. The zero-order valence-corrected chi connectivity index (χ0v) is 21.0. The number of nitrogens with zero attached hydrogens (tertiary/aromatic N) is 1. The van der Waals surface area contributed by atoms with Gasteiger partial charge in [0.1, 0.15) is 23.9 Å². The highest BCUT2D eigenvalue weighted by atomic mass is 16.5. The third-order valence-electron chi connectivity index (χ3n) is 6.45. The van der Waals surface area contributed by atoms with Gasteiger partial charge in [-0.2, -0.15) is 0 Å². The van der Waals surface area contributed by atoms with Gasteiger partial charge in [-0.3, -0.25) is 0 Å². The summed E-state index contributed by atoms with van der Waals surface area (Å²) in [5.74, 6) is 2.60. The molecule has 0 N–H and O–H groups in total. The molecule has 0 fully saturated rings. The van der Waals surface area contributed by atoms with Crippen LogP contribution in [0.2, 0.25) is 0 Å². The van der Waals surface area contributed by atoms with E-state index in [-0.39, 0.29) is 0 Å². The Labute approximate surface area is 212 Å². The highest BCUT2D eigenvalue weighted by Crippen LogP contribution is 2.37. The lowest BCUT2D eigenvalue weighted by Gasteiger charge is -2.14. The van der Waals surface area contributed by atoms with Crippen molar-refractivity contribution in [2.45, 2.75) is 27.0 Å². The average Bonchev–Trinajstić information content (AvgIpc) is 3.19. The van der Waals surface area contributed by atoms with Crippen LogP contribution in [0.15, 0.2) is 97.1 Å². The first-order valence-electron chi connectivity index (χ1n) is 12.3. The Kier molecular flexibility index (Phi) is 6.94. The molecule has 5 rings (SSSR count). The van der Waals surface area contributed by atoms with Crippen LogP contribution in [0.1, 0.15) is 23.6 Å². The Morgan fingerprint density at radius 1 is 0.694 bits per heavy atom. The molecule has 36 heavy (non-hydrogen) atoms. The molecule has 0 atom stereocenters. The van der Waals surface area contributed by atoms with Gasteiger partial charge in [-0.05, 0) is 73.0 Å². The molecule has 4 heteroatoms. The van der Waals surface area contributed by atoms with Gasteiger partial charge in [-0.1, -0.05) is 54.6 Å². The minimum absolute atomic E-state index is 0.543. The smallest absolute Gasteiger partial charge is 0.120 e. The van der Waals surface area contributed by atoms with Gasteiger partial charge < -0.3 is 18.8 Å². The van der Waals surface area contributed by atoms with Crippen molar-refractivity contribution < 1.29 is 14.2 Å². The van der Waals surface area contributed by atoms with E-state index >= 15 is 0 Å². The number of benzene rings is 4. The van der Waals surface area contributed by atoms with Crippen LogP contribution in [0.5, 0.6) is 17.2 Å². The number of fused-ring (bicyclic) bond motifs is 1. The van der Waals surface area contributed by atoms with Crippen molar-refractivity contribution in [3.8, 4) is 28.5 Å². The fraction of sp³-hybridized carbons (Fsp3) is 0.188. The predicted molar refractivity (Wildman–Crippen MR) is 146 cm³/mol. The summed E-state index contributed by atoms with van der Waals surface area (Å²) in [6.07, 6.45) is 0. The maximum Gasteiger partial charge on any atom is 0.120 e. The Morgan fingerprint density at radius 2 is 1.47 bits per heavy atom. The van der Waals surface area contributed by atoms with Crippen LogP contribution < -0.4 is 14.2 Å². The molecule has 0 bridgehead atoms. The standard InChI is InChI=1S/C32H31NO3/c1-4-35-27-15-13-24(14-16-27)21-33-31-18-17-29(36-22-25-9-6-5-7-10-25)20-30(31)23(2)32(33)26-11-8-12-28(19-26)34-3/h5-20H,4,21-22H2,1-3H3. The summed E-state index contributed by atoms with van der Waals surface area (Å²) in [7, 11) is 1.71. The van der Waals surface area contributed by atoms with Crippen molar-refractivity contribution in [1.82, 2.24) is 4.57 Å². The van der Waals surface area contributed by atoms with E-state index in [1.54, 1.807) is 7.11 Å². The van der Waals surface area contributed by atoms with E-state index in [1.807, 2.05) is 49.4 Å². The van der Waals surface area contributed by atoms with Crippen LogP contribution in [0.3, 0.4) is 0 Å². The summed E-state index contributed by atoms with van der Waals surface area (Å²) in [6, 6.07) is 33.3. The molecule has 5 aromatic rings. The zero-order chi connectivity index (χ0) is 24.9. The van der Waals surface area contributed by atoms with E-state index in [0.29, 0.717) is 13.2 Å². The van der Waals surface area contributed by atoms with Crippen LogP contribution in [-0.4, -0.2) is 18.3 Å². The molecular weight excluding hydrogens is 446 g/mol. The highest BCUT2D eigenvalue weighted by Gasteiger charge is 2.18. The quantitative estimate of drug-likeness (QED) is 0.219. The minimum Gasteiger partial charge on any atom is -0.497 e. The molecule has 1 aromatic heterocycles. The molecule has 182 valence electrons. The van der Waals surface area contributed by atoms with Gasteiger partial charge in [-0.25, -0.2) is 0 Å². The lowest BCUT2D eigenvalue weighted by atomic mass is 10.1. The topological polar surface area (TPSA) is 32.6 Å². The molecule has 4 aromatic carbocycles. The summed E-state index contributed by atoms with van der Waals surface area (Å²) in [5.41, 5.74) is 7.06. The van der Waals surface area contributed by atoms with Crippen molar-refractivity contribution in [1.29, 1.82) is 0 Å². The molecule has 0 spiro atoms. The number of hydrogen-bond acceptors (Lipinski definition) is 3. The van der Waals surface area contributed by atoms with Crippen molar-refractivity contribution in [2.24, 2.45) is 0 Å². The second-order valence-corrected chi connectivity index (χ2v) is 8.82. The number of aromatic nitrogens is 1. The molecule has 0 radical (unpaired) electrons. The van der Waals surface area contributed by atoms with E-state index in [4.69, 9.17) is 14.2 Å². The van der Waals surface area contributed by atoms with Crippen molar-refractivity contribution in [2.75, 3.05) is 13.7 Å². The molecule has 4 nitrogen and oxygen atoms in total. The summed E-state index contributed by atoms with van der Waals surface area (Å²) >= 11 is 0. The maximum absolute atomic E-state index is 6.16. The number of methoxy groups -OCH3 is 1. The molecule has 0 amide bonds. The first-order valence-corrected chi connectivity index (χ1v) is 12.3. The Hall–Kier alpha value is -4.18. The lowest BCUT2D eigenvalue weighted by Crippen LogP contribution is -2.03. The molecule has 1 heterocycles. The van der Waals surface area contributed by atoms with Gasteiger partial charge in [0.15, 0.2) is 0 Å². The van der Waals surface area contributed by atoms with E-state index in [1.165, 1.54) is 27.7 Å². The third-order valence-corrected chi connectivity index (χ3v) is 6.45. The Balaban J connectivity index is 1.56. The monoisotopic (exact) mass is 477 g/mol. The van der Waals surface area contributed by atoms with Crippen molar-refractivity contribution in [3.05, 3.63) is 114 Å². The number of ether oxygens (including phenoxy) is 3. The van der Waals surface area contributed by atoms with Crippen LogP contribution in [0.4, 0.5) is 0 Å². The van der Waals surface area contributed by atoms with Crippen LogP contribution in [-0.2, 0) is 13.2 Å². The fourth-order valence-corrected chi connectivity index (χ4v) is 4.68. The van der Waals surface area contributed by atoms with E-state index in [0.717, 1.165) is 34.9 Å². The first kappa shape index (κ1) is 23.6. The number of hydrogen-bond donors (Lipinski definition) is 0. The predicted octanol–water partition coefficient (Wildman–Crippen LogP) is 7.65. The molecule has 0 aliphatic rings. The molecule has 0 aliphatic carbocycles. The molecule has 0 unspecified atom stereocenters. The number of rotatable bonds is 9. The fourth-order valence-electron chi connectivity index (χ4n) is 4.68. The second kappa shape index (κ2) is 10.6. The van der Waals surface area contributed by atoms with Gasteiger partial charge >= 0.3 is 0 Å².